The van der Waals surface area contributed by atoms with Gasteiger partial charge in [-0.25, -0.2) is 0 Å². The quantitative estimate of drug-likeness (QED) is 0.832. The van der Waals surface area contributed by atoms with Crippen molar-refractivity contribution in [2.45, 2.75) is 6.18 Å². The van der Waals surface area contributed by atoms with Crippen LogP contribution >= 0.6 is 0 Å². The number of nitrogens with two attached hydrogens (primary N) is 1. The summed E-state index contributed by atoms with van der Waals surface area (Å²) in [5.41, 5.74) is 4.38. The highest BCUT2D eigenvalue weighted by molar-refractivity contribution is 5.53. The van der Waals surface area contributed by atoms with Crippen LogP contribution in [-0.4, -0.2) is 13.1 Å². The van der Waals surface area contributed by atoms with Gasteiger partial charge in [-0.15, -0.1) is 0 Å². The van der Waals surface area contributed by atoms with Crippen LogP contribution in [0.5, 0.6) is 0 Å². The van der Waals surface area contributed by atoms with Crippen molar-refractivity contribution in [3.05, 3.63) is 29.3 Å². The van der Waals surface area contributed by atoms with Gasteiger partial charge in [0.25, 0.3) is 0 Å². The molecule has 1 rings (SSSR count). The third kappa shape index (κ3) is 2.87. The number of halogens is 3. The van der Waals surface area contributed by atoms with E-state index in [4.69, 9.17) is 11.0 Å². The molecule has 6 heteroatoms. The van der Waals surface area contributed by atoms with E-state index in [9.17, 15) is 13.2 Å². The number of anilines is 1. The second kappa shape index (κ2) is 4.86. The zero-order chi connectivity index (χ0) is 12.2. The van der Waals surface area contributed by atoms with Crippen LogP contribution in [0, 0.1) is 11.3 Å². The van der Waals surface area contributed by atoms with Gasteiger partial charge in [-0.3, -0.25) is 0 Å². The first kappa shape index (κ1) is 12.3. The Balaban J connectivity index is 3.04. The molecule has 16 heavy (non-hydrogen) atoms. The predicted octanol–water partition coefficient (Wildman–Crippen LogP) is 1.95. The Labute approximate surface area is 90.7 Å². The zero-order valence-electron chi connectivity index (χ0n) is 8.30. The van der Waals surface area contributed by atoms with E-state index in [0.29, 0.717) is 18.8 Å². The number of benzene rings is 1. The van der Waals surface area contributed by atoms with E-state index in [0.717, 1.165) is 6.07 Å². The number of hydrogen-bond donors (Lipinski definition) is 2. The van der Waals surface area contributed by atoms with E-state index >= 15 is 0 Å². The van der Waals surface area contributed by atoms with Crippen LogP contribution in [0.2, 0.25) is 0 Å². The van der Waals surface area contributed by atoms with Crippen LogP contribution in [0.25, 0.3) is 0 Å². The summed E-state index contributed by atoms with van der Waals surface area (Å²) in [6, 6.07) is 4.86. The summed E-state index contributed by atoms with van der Waals surface area (Å²) in [4.78, 5) is 0. The Bertz CT molecular complexity index is 407. The maximum atomic E-state index is 12.4. The van der Waals surface area contributed by atoms with E-state index < -0.39 is 17.3 Å². The zero-order valence-corrected chi connectivity index (χ0v) is 8.30. The molecule has 3 N–H and O–H groups in total. The van der Waals surface area contributed by atoms with E-state index in [1.807, 2.05) is 0 Å². The first-order valence-corrected chi connectivity index (χ1v) is 4.54. The van der Waals surface area contributed by atoms with Gasteiger partial charge in [-0.05, 0) is 18.2 Å². The lowest BCUT2D eigenvalue weighted by Crippen LogP contribution is -2.14. The van der Waals surface area contributed by atoms with Crippen molar-refractivity contribution >= 4 is 5.69 Å². The highest BCUT2D eigenvalue weighted by atomic mass is 19.4. The number of nitrogens with zero attached hydrogens (tertiary/aromatic N) is 1. The monoisotopic (exact) mass is 229 g/mol. The van der Waals surface area contributed by atoms with Crippen molar-refractivity contribution in [3.8, 4) is 6.07 Å². The number of nitrogens with one attached hydrogen (secondary N) is 1. The minimum absolute atomic E-state index is 0.364. The molecule has 0 bridgehead atoms. The molecule has 0 aliphatic heterocycles. The normalized spacial score (nSPS) is 10.9. The van der Waals surface area contributed by atoms with Crippen molar-refractivity contribution in [1.29, 1.82) is 5.26 Å². The van der Waals surface area contributed by atoms with E-state index in [1.54, 1.807) is 0 Å². The molecule has 0 atom stereocenters. The van der Waals surface area contributed by atoms with Gasteiger partial charge in [-0.1, -0.05) is 0 Å². The van der Waals surface area contributed by atoms with Gasteiger partial charge in [0.05, 0.1) is 17.2 Å². The molecule has 1 aromatic carbocycles. The largest absolute Gasteiger partial charge is 0.417 e. The van der Waals surface area contributed by atoms with Crippen LogP contribution in [0.15, 0.2) is 18.2 Å². The summed E-state index contributed by atoms with van der Waals surface area (Å²) in [5, 5.41) is 11.4. The molecule has 0 heterocycles. The summed E-state index contributed by atoms with van der Waals surface area (Å²) in [6.45, 7) is 0.805. The fourth-order valence-electron chi connectivity index (χ4n) is 1.21. The minimum atomic E-state index is -4.50. The molecular weight excluding hydrogens is 219 g/mol. The van der Waals surface area contributed by atoms with Crippen molar-refractivity contribution in [2.24, 2.45) is 5.73 Å². The number of alkyl halides is 3. The van der Waals surface area contributed by atoms with Crippen LogP contribution in [0.1, 0.15) is 11.1 Å². The Kier molecular flexibility index (Phi) is 3.74. The van der Waals surface area contributed by atoms with Crippen LogP contribution in [-0.2, 0) is 6.18 Å². The Morgan fingerprint density at radius 3 is 2.56 bits per heavy atom. The van der Waals surface area contributed by atoms with Gasteiger partial charge in [0.15, 0.2) is 0 Å². The SMILES string of the molecule is N#Cc1cc(NCCN)ccc1C(F)(F)F. The lowest BCUT2D eigenvalue weighted by Gasteiger charge is -2.11. The predicted molar refractivity (Wildman–Crippen MR) is 53.7 cm³/mol. The maximum absolute atomic E-state index is 12.4. The fourth-order valence-corrected chi connectivity index (χ4v) is 1.21. The molecule has 0 amide bonds. The van der Waals surface area contributed by atoms with E-state index in [1.165, 1.54) is 18.2 Å². The topological polar surface area (TPSA) is 61.8 Å². The minimum Gasteiger partial charge on any atom is -0.384 e. The summed E-state index contributed by atoms with van der Waals surface area (Å²) in [5.74, 6) is 0. The van der Waals surface area contributed by atoms with Crippen LogP contribution in [0.3, 0.4) is 0 Å². The smallest absolute Gasteiger partial charge is 0.384 e. The fraction of sp³-hybridized carbons (Fsp3) is 0.300. The van der Waals surface area contributed by atoms with Crippen molar-refractivity contribution < 1.29 is 13.2 Å². The van der Waals surface area contributed by atoms with Crippen molar-refractivity contribution in [1.82, 2.24) is 0 Å². The molecular formula is C10H10F3N3. The van der Waals surface area contributed by atoms with Crippen LogP contribution < -0.4 is 11.1 Å². The van der Waals surface area contributed by atoms with Gasteiger partial charge in [0, 0.05) is 18.8 Å². The molecule has 0 aromatic heterocycles. The third-order valence-electron chi connectivity index (χ3n) is 1.92. The Morgan fingerprint density at radius 2 is 2.06 bits per heavy atom. The summed E-state index contributed by atoms with van der Waals surface area (Å²) in [6.07, 6.45) is -4.50. The van der Waals surface area contributed by atoms with Gasteiger partial charge in [0.1, 0.15) is 0 Å². The molecule has 0 aliphatic rings. The van der Waals surface area contributed by atoms with Crippen LogP contribution in [0.4, 0.5) is 18.9 Å². The first-order valence-electron chi connectivity index (χ1n) is 4.54. The average molecular weight is 229 g/mol. The van der Waals surface area contributed by atoms with E-state index in [-0.39, 0.29) is 0 Å². The summed E-state index contributed by atoms with van der Waals surface area (Å²) >= 11 is 0. The van der Waals surface area contributed by atoms with Gasteiger partial charge in [0.2, 0.25) is 0 Å². The van der Waals surface area contributed by atoms with E-state index in [2.05, 4.69) is 5.32 Å². The van der Waals surface area contributed by atoms with Crippen molar-refractivity contribution in [3.63, 3.8) is 0 Å². The maximum Gasteiger partial charge on any atom is 0.417 e. The average Bonchev–Trinajstić information content (AvgIpc) is 2.24. The first-order chi connectivity index (χ1) is 7.49. The summed E-state index contributed by atoms with van der Waals surface area (Å²) in [7, 11) is 0. The molecule has 3 nitrogen and oxygen atoms in total. The third-order valence-corrected chi connectivity index (χ3v) is 1.92. The molecule has 86 valence electrons. The molecule has 0 unspecified atom stereocenters. The summed E-state index contributed by atoms with van der Waals surface area (Å²) < 4.78 is 37.3. The molecule has 0 saturated carbocycles. The molecule has 0 fully saturated rings. The van der Waals surface area contributed by atoms with Crippen molar-refractivity contribution in [2.75, 3.05) is 18.4 Å². The molecule has 0 saturated heterocycles. The molecule has 0 spiro atoms. The molecule has 0 aliphatic carbocycles. The second-order valence-electron chi connectivity index (χ2n) is 3.09. The lowest BCUT2D eigenvalue weighted by atomic mass is 10.1. The highest BCUT2D eigenvalue weighted by Gasteiger charge is 2.33. The Morgan fingerprint density at radius 1 is 1.38 bits per heavy atom. The number of hydrogen-bond acceptors (Lipinski definition) is 3. The molecule has 0 radical (unpaired) electrons. The standard InChI is InChI=1S/C10H10F3N3/c11-10(12,13)9-2-1-8(16-4-3-14)5-7(9)6-15/h1-2,5,16H,3-4,14H2. The second-order valence-corrected chi connectivity index (χ2v) is 3.09. The number of nitriles is 1. The van der Waals surface area contributed by atoms with Gasteiger partial charge >= 0.3 is 6.18 Å². The van der Waals surface area contributed by atoms with Gasteiger partial charge < -0.3 is 11.1 Å². The highest BCUT2D eigenvalue weighted by Crippen LogP contribution is 2.32. The Hall–Kier alpha value is -1.74. The number of rotatable bonds is 3. The molecule has 1 aromatic rings. The lowest BCUT2D eigenvalue weighted by molar-refractivity contribution is -0.137. The van der Waals surface area contributed by atoms with Gasteiger partial charge in [-0.2, -0.15) is 18.4 Å².